The maximum atomic E-state index is 8.86. The molecule has 1 heterocycles. The van der Waals surface area contributed by atoms with Gasteiger partial charge in [-0.15, -0.1) is 0 Å². The van der Waals surface area contributed by atoms with Gasteiger partial charge in [0.05, 0.1) is 11.6 Å². The normalized spacial score (nSPS) is 10.5. The van der Waals surface area contributed by atoms with Gasteiger partial charge in [0, 0.05) is 24.2 Å². The third-order valence-electron chi connectivity index (χ3n) is 3.39. The molecule has 0 atom stereocenters. The minimum Gasteiger partial charge on any atom is -0.383 e. The minimum atomic E-state index is 0.209. The Morgan fingerprint density at radius 2 is 1.81 bits per heavy atom. The van der Waals surface area contributed by atoms with E-state index < -0.39 is 0 Å². The highest BCUT2D eigenvalue weighted by Crippen LogP contribution is 2.28. The van der Waals surface area contributed by atoms with Crippen LogP contribution in [0.2, 0.25) is 0 Å². The number of hydrogen-bond donors (Lipinski definition) is 1. The van der Waals surface area contributed by atoms with E-state index in [-0.39, 0.29) is 5.92 Å². The molecule has 0 saturated carbocycles. The third-order valence-corrected chi connectivity index (χ3v) is 3.39. The zero-order valence-corrected chi connectivity index (χ0v) is 12.8. The van der Waals surface area contributed by atoms with Gasteiger partial charge in [-0.3, -0.25) is 0 Å². The Morgan fingerprint density at radius 1 is 1.19 bits per heavy atom. The van der Waals surface area contributed by atoms with E-state index in [1.54, 1.807) is 12.1 Å². The third kappa shape index (κ3) is 2.95. The van der Waals surface area contributed by atoms with Gasteiger partial charge in [0.25, 0.3) is 0 Å². The van der Waals surface area contributed by atoms with E-state index in [9.17, 15) is 0 Å². The zero-order valence-electron chi connectivity index (χ0n) is 12.8. The summed E-state index contributed by atoms with van der Waals surface area (Å²) in [5.74, 6) is 2.23. The Morgan fingerprint density at radius 3 is 2.33 bits per heavy atom. The van der Waals surface area contributed by atoms with Gasteiger partial charge in [0.15, 0.2) is 0 Å². The van der Waals surface area contributed by atoms with Crippen LogP contribution in [0.25, 0.3) is 0 Å². The first-order chi connectivity index (χ1) is 9.93. The summed E-state index contributed by atoms with van der Waals surface area (Å²) in [6.07, 6.45) is 0. The van der Waals surface area contributed by atoms with E-state index in [0.717, 1.165) is 22.9 Å². The maximum absolute atomic E-state index is 8.86. The molecule has 0 saturated heterocycles. The van der Waals surface area contributed by atoms with Crippen LogP contribution in [-0.2, 0) is 0 Å². The molecule has 0 aliphatic carbocycles. The number of hydrogen-bond acceptors (Lipinski definition) is 5. The Hall–Kier alpha value is -2.61. The Balaban J connectivity index is 2.46. The van der Waals surface area contributed by atoms with E-state index >= 15 is 0 Å². The lowest BCUT2D eigenvalue weighted by atomic mass is 10.1. The summed E-state index contributed by atoms with van der Waals surface area (Å²) in [6, 6.07) is 9.48. The first kappa shape index (κ1) is 14.8. The van der Waals surface area contributed by atoms with Crippen LogP contribution in [0.15, 0.2) is 24.3 Å². The Labute approximate surface area is 125 Å². The highest BCUT2D eigenvalue weighted by atomic mass is 15.2. The quantitative estimate of drug-likeness (QED) is 0.935. The fourth-order valence-electron chi connectivity index (χ4n) is 2.01. The van der Waals surface area contributed by atoms with Gasteiger partial charge in [-0.1, -0.05) is 13.8 Å². The molecule has 21 heavy (non-hydrogen) atoms. The van der Waals surface area contributed by atoms with Crippen molar-refractivity contribution < 1.29 is 0 Å². The summed E-state index contributed by atoms with van der Waals surface area (Å²) in [4.78, 5) is 10.9. The van der Waals surface area contributed by atoms with Crippen molar-refractivity contribution in [1.82, 2.24) is 9.97 Å². The van der Waals surface area contributed by atoms with Crippen molar-refractivity contribution in [2.75, 3.05) is 17.7 Å². The Bertz CT molecular complexity index is 683. The van der Waals surface area contributed by atoms with Crippen molar-refractivity contribution in [2.24, 2.45) is 0 Å². The van der Waals surface area contributed by atoms with E-state index in [1.807, 2.05) is 44.9 Å². The molecular weight excluding hydrogens is 262 g/mol. The molecule has 0 amide bonds. The summed E-state index contributed by atoms with van der Waals surface area (Å²) >= 11 is 0. The van der Waals surface area contributed by atoms with Crippen LogP contribution in [0.3, 0.4) is 0 Å². The minimum absolute atomic E-state index is 0.209. The van der Waals surface area contributed by atoms with Crippen LogP contribution in [0.5, 0.6) is 0 Å². The summed E-state index contributed by atoms with van der Waals surface area (Å²) in [7, 11) is 1.93. The molecule has 1 aromatic heterocycles. The van der Waals surface area contributed by atoms with E-state index in [0.29, 0.717) is 11.4 Å². The maximum Gasteiger partial charge on any atom is 0.141 e. The number of rotatable bonds is 3. The van der Waals surface area contributed by atoms with E-state index in [4.69, 9.17) is 11.0 Å². The topological polar surface area (TPSA) is 78.8 Å². The molecule has 0 radical (unpaired) electrons. The Kier molecular flexibility index (Phi) is 4.08. The van der Waals surface area contributed by atoms with Crippen molar-refractivity contribution in [3.05, 3.63) is 41.2 Å². The largest absolute Gasteiger partial charge is 0.383 e. The molecule has 2 rings (SSSR count). The van der Waals surface area contributed by atoms with Crippen molar-refractivity contribution in [3.63, 3.8) is 0 Å². The number of anilines is 3. The molecule has 0 aliphatic heterocycles. The zero-order chi connectivity index (χ0) is 15.6. The van der Waals surface area contributed by atoms with Gasteiger partial charge in [0.1, 0.15) is 17.5 Å². The molecule has 0 aliphatic rings. The first-order valence-electron chi connectivity index (χ1n) is 6.82. The van der Waals surface area contributed by atoms with Gasteiger partial charge in [-0.05, 0) is 31.2 Å². The van der Waals surface area contributed by atoms with Crippen molar-refractivity contribution in [2.45, 2.75) is 26.7 Å². The molecule has 5 heteroatoms. The van der Waals surface area contributed by atoms with Gasteiger partial charge < -0.3 is 10.6 Å². The summed E-state index contributed by atoms with van der Waals surface area (Å²) in [5.41, 5.74) is 8.44. The fourth-order valence-corrected chi connectivity index (χ4v) is 2.01. The lowest BCUT2D eigenvalue weighted by molar-refractivity contribution is 0.772. The second-order valence-corrected chi connectivity index (χ2v) is 5.29. The fraction of sp³-hybridized carbons (Fsp3) is 0.312. The number of nitriles is 1. The number of nitrogen functional groups attached to an aromatic ring is 1. The molecule has 5 nitrogen and oxygen atoms in total. The van der Waals surface area contributed by atoms with Gasteiger partial charge in [0.2, 0.25) is 0 Å². The highest BCUT2D eigenvalue weighted by Gasteiger charge is 2.15. The smallest absolute Gasteiger partial charge is 0.141 e. The van der Waals surface area contributed by atoms with Crippen LogP contribution < -0.4 is 10.6 Å². The van der Waals surface area contributed by atoms with Crippen LogP contribution in [0.1, 0.15) is 36.7 Å². The summed E-state index contributed by atoms with van der Waals surface area (Å²) in [5, 5.41) is 8.86. The van der Waals surface area contributed by atoms with Gasteiger partial charge >= 0.3 is 0 Å². The average molecular weight is 281 g/mol. The van der Waals surface area contributed by atoms with Gasteiger partial charge in [-0.25, -0.2) is 9.97 Å². The molecular formula is C16H19N5. The summed E-state index contributed by atoms with van der Waals surface area (Å²) in [6.45, 7) is 5.99. The lowest BCUT2D eigenvalue weighted by Gasteiger charge is -2.22. The first-order valence-corrected chi connectivity index (χ1v) is 6.82. The summed E-state index contributed by atoms with van der Waals surface area (Å²) < 4.78 is 0. The average Bonchev–Trinajstić information content (AvgIpc) is 2.49. The van der Waals surface area contributed by atoms with E-state index in [2.05, 4.69) is 16.0 Å². The van der Waals surface area contributed by atoms with Crippen molar-refractivity contribution in [1.29, 1.82) is 5.26 Å². The highest BCUT2D eigenvalue weighted by molar-refractivity contribution is 5.66. The predicted molar refractivity (Wildman–Crippen MR) is 84.5 cm³/mol. The predicted octanol–water partition coefficient (Wildman–Crippen LogP) is 3.13. The molecule has 1 aromatic carbocycles. The molecule has 0 bridgehead atoms. The van der Waals surface area contributed by atoms with Gasteiger partial charge in [-0.2, -0.15) is 5.26 Å². The monoisotopic (exact) mass is 281 g/mol. The molecule has 2 N–H and O–H groups in total. The van der Waals surface area contributed by atoms with Crippen LogP contribution in [0, 0.1) is 18.3 Å². The second-order valence-electron chi connectivity index (χ2n) is 5.29. The van der Waals surface area contributed by atoms with Crippen LogP contribution >= 0.6 is 0 Å². The molecule has 0 fully saturated rings. The van der Waals surface area contributed by atoms with E-state index in [1.165, 1.54) is 0 Å². The molecule has 0 spiro atoms. The van der Waals surface area contributed by atoms with Crippen molar-refractivity contribution >= 4 is 17.3 Å². The number of aromatic nitrogens is 2. The van der Waals surface area contributed by atoms with Crippen LogP contribution in [-0.4, -0.2) is 17.0 Å². The second kappa shape index (κ2) is 5.80. The standard InChI is InChI=1S/C16H19N5/c1-10(2)15-19-14(18)11(3)16(20-15)21(4)13-7-5-12(9-17)6-8-13/h5-8,10H,1-4H3,(H2,18,19,20). The number of benzene rings is 1. The number of nitrogens with zero attached hydrogens (tertiary/aromatic N) is 4. The lowest BCUT2D eigenvalue weighted by Crippen LogP contribution is -2.16. The van der Waals surface area contributed by atoms with Crippen molar-refractivity contribution in [3.8, 4) is 6.07 Å². The number of nitrogens with two attached hydrogens (primary N) is 1. The molecule has 108 valence electrons. The molecule has 0 unspecified atom stereocenters. The molecule has 2 aromatic rings. The van der Waals surface area contributed by atoms with Crippen LogP contribution in [0.4, 0.5) is 17.3 Å². The SMILES string of the molecule is Cc1c(N)nc(C(C)C)nc1N(C)c1ccc(C#N)cc1.